The summed E-state index contributed by atoms with van der Waals surface area (Å²) in [6.45, 7) is 2.38. The molecule has 0 aliphatic carbocycles. The molecule has 4 nitrogen and oxygen atoms in total. The number of hydrogen-bond acceptors (Lipinski definition) is 3. The molecule has 19 heavy (non-hydrogen) atoms. The van der Waals surface area contributed by atoms with Crippen molar-refractivity contribution in [1.82, 2.24) is 0 Å². The van der Waals surface area contributed by atoms with Crippen LogP contribution in [0, 0.1) is 5.82 Å². The summed E-state index contributed by atoms with van der Waals surface area (Å²) in [5.74, 6) is -0.0519. The zero-order valence-electron chi connectivity index (χ0n) is 10.2. The van der Waals surface area contributed by atoms with Gasteiger partial charge in [-0.25, -0.2) is 9.18 Å². The minimum absolute atomic E-state index is 0.0594. The molecule has 1 aromatic carbocycles. The van der Waals surface area contributed by atoms with Gasteiger partial charge in [-0.15, -0.1) is 0 Å². The van der Waals surface area contributed by atoms with Crippen LogP contribution >= 0.6 is 10.5 Å². The number of thiophene rings is 1. The summed E-state index contributed by atoms with van der Waals surface area (Å²) < 4.78 is 18.3. The standard InChI is InChI=1S/C13H12FNO3S/c1-2-18-10-5-6-19(8-10)13(17)15-11-7-9(14)3-4-12(11)16/h3-8H,2H2,1H3,(H-,15,16,17)/p+1. The van der Waals surface area contributed by atoms with Crippen LogP contribution in [0.15, 0.2) is 35.0 Å². The molecule has 1 heterocycles. The fourth-order valence-corrected chi connectivity index (χ4v) is 2.70. The van der Waals surface area contributed by atoms with Crippen molar-refractivity contribution < 1.29 is 19.0 Å². The van der Waals surface area contributed by atoms with E-state index in [1.54, 1.807) is 16.8 Å². The Morgan fingerprint density at radius 3 is 3.00 bits per heavy atom. The number of rotatable bonds is 4. The second-order valence-corrected chi connectivity index (χ2v) is 5.32. The number of anilines is 1. The Bertz CT molecular complexity index is 597. The van der Waals surface area contributed by atoms with Crippen molar-refractivity contribution >= 4 is 21.4 Å². The first-order valence-electron chi connectivity index (χ1n) is 5.64. The molecule has 1 unspecified atom stereocenters. The van der Waals surface area contributed by atoms with E-state index in [4.69, 9.17) is 4.74 Å². The first kappa shape index (κ1) is 13.4. The minimum Gasteiger partial charge on any atom is -0.506 e. The zero-order chi connectivity index (χ0) is 13.8. The van der Waals surface area contributed by atoms with Gasteiger partial charge in [0, 0.05) is 12.1 Å². The Morgan fingerprint density at radius 2 is 2.26 bits per heavy atom. The molecule has 0 fully saturated rings. The van der Waals surface area contributed by atoms with Gasteiger partial charge in [0.05, 0.1) is 22.8 Å². The van der Waals surface area contributed by atoms with Crippen LogP contribution in [-0.2, 0) is 0 Å². The van der Waals surface area contributed by atoms with E-state index >= 15 is 0 Å². The third-order valence-electron chi connectivity index (χ3n) is 2.34. The van der Waals surface area contributed by atoms with E-state index < -0.39 is 16.3 Å². The second-order valence-electron chi connectivity index (χ2n) is 3.70. The summed E-state index contributed by atoms with van der Waals surface area (Å²) in [6, 6.07) is 5.11. The lowest BCUT2D eigenvalue weighted by Gasteiger charge is -2.02. The maximum atomic E-state index is 13.0. The number of amides is 1. The maximum absolute atomic E-state index is 13.0. The number of phenolic OH excluding ortho intramolecular Hbond substituents is 1. The first-order chi connectivity index (χ1) is 9.10. The Morgan fingerprint density at radius 1 is 1.47 bits per heavy atom. The summed E-state index contributed by atoms with van der Waals surface area (Å²) in [6.07, 6.45) is 0. The maximum Gasteiger partial charge on any atom is 0.460 e. The fourth-order valence-electron chi connectivity index (χ4n) is 1.49. The lowest BCUT2D eigenvalue weighted by atomic mass is 10.3. The van der Waals surface area contributed by atoms with Gasteiger partial charge in [-0.2, -0.15) is 0 Å². The molecule has 2 N–H and O–H groups in total. The molecular formula is C13H13FNO3S+. The van der Waals surface area contributed by atoms with E-state index in [2.05, 4.69) is 5.32 Å². The Kier molecular flexibility index (Phi) is 4.01. The molecule has 0 aliphatic rings. The number of ether oxygens (including phenoxy) is 1. The molecule has 1 atom stereocenters. The molecular weight excluding hydrogens is 269 g/mol. The van der Waals surface area contributed by atoms with Gasteiger partial charge >= 0.3 is 5.24 Å². The van der Waals surface area contributed by atoms with Gasteiger partial charge in [-0.3, -0.25) is 5.32 Å². The van der Waals surface area contributed by atoms with Gasteiger partial charge in [-0.05, 0) is 19.1 Å². The number of benzene rings is 1. The van der Waals surface area contributed by atoms with Crippen LogP contribution in [0.25, 0.3) is 0 Å². The summed E-state index contributed by atoms with van der Waals surface area (Å²) in [5.41, 5.74) is 0.0594. The molecule has 0 aliphatic heterocycles. The van der Waals surface area contributed by atoms with Crippen LogP contribution in [0.5, 0.6) is 11.5 Å². The molecule has 0 spiro atoms. The highest BCUT2D eigenvalue weighted by atomic mass is 32.2. The Labute approximate surface area is 112 Å². The van der Waals surface area contributed by atoms with Gasteiger partial charge in [0.1, 0.15) is 11.6 Å². The monoisotopic (exact) mass is 282 g/mol. The van der Waals surface area contributed by atoms with Crippen molar-refractivity contribution in [2.24, 2.45) is 0 Å². The smallest absolute Gasteiger partial charge is 0.460 e. The average Bonchev–Trinajstić information content (AvgIpc) is 2.83. The van der Waals surface area contributed by atoms with E-state index in [-0.39, 0.29) is 16.7 Å². The van der Waals surface area contributed by atoms with Gasteiger partial charge in [0.2, 0.25) is 0 Å². The highest BCUT2D eigenvalue weighted by molar-refractivity contribution is 7.49. The number of aromatic hydroxyl groups is 1. The van der Waals surface area contributed by atoms with Crippen LogP contribution in [0.3, 0.4) is 0 Å². The Balaban J connectivity index is 2.13. The molecule has 0 bridgehead atoms. The molecule has 100 valence electrons. The summed E-state index contributed by atoms with van der Waals surface area (Å²) in [4.78, 5) is 11.9. The lowest BCUT2D eigenvalue weighted by molar-refractivity contribution is 0.269. The van der Waals surface area contributed by atoms with Crippen LogP contribution in [0.4, 0.5) is 14.9 Å². The van der Waals surface area contributed by atoms with E-state index in [1.807, 2.05) is 6.92 Å². The quantitative estimate of drug-likeness (QED) is 0.663. The normalized spacial score (nSPS) is 11.2. The van der Waals surface area contributed by atoms with Gasteiger partial charge in [0.15, 0.2) is 16.5 Å². The van der Waals surface area contributed by atoms with Crippen molar-refractivity contribution in [1.29, 1.82) is 0 Å². The van der Waals surface area contributed by atoms with Crippen LogP contribution in [-0.4, -0.2) is 17.0 Å². The highest BCUT2D eigenvalue weighted by Gasteiger charge is 2.20. The van der Waals surface area contributed by atoms with Gasteiger partial charge < -0.3 is 9.84 Å². The SMILES string of the molecule is CCOc1cc[s+](C(=O)Nc2cc(F)ccc2O)c1. The molecule has 1 aromatic heterocycles. The number of halogens is 1. The average molecular weight is 282 g/mol. The third-order valence-corrected chi connectivity index (χ3v) is 3.79. The molecule has 0 radical (unpaired) electrons. The van der Waals surface area contributed by atoms with Crippen LogP contribution in [0.1, 0.15) is 6.92 Å². The van der Waals surface area contributed by atoms with Crippen LogP contribution < -0.4 is 10.1 Å². The predicted octanol–water partition coefficient (Wildman–Crippen LogP) is 3.76. The molecule has 0 saturated heterocycles. The van der Waals surface area contributed by atoms with Crippen molar-refractivity contribution in [3.63, 3.8) is 0 Å². The van der Waals surface area contributed by atoms with E-state index in [9.17, 15) is 14.3 Å². The third kappa shape index (κ3) is 3.23. The summed E-state index contributed by atoms with van der Waals surface area (Å²) in [7, 11) is -0.770. The minimum atomic E-state index is -0.770. The van der Waals surface area contributed by atoms with Gasteiger partial charge in [0.25, 0.3) is 0 Å². The van der Waals surface area contributed by atoms with Crippen molar-refractivity contribution in [2.75, 3.05) is 11.9 Å². The van der Waals surface area contributed by atoms with E-state index in [0.29, 0.717) is 12.4 Å². The van der Waals surface area contributed by atoms with Crippen LogP contribution in [0.2, 0.25) is 0 Å². The fraction of sp³-hybridized carbons (Fsp3) is 0.154. The topological polar surface area (TPSA) is 58.6 Å². The predicted molar refractivity (Wildman–Crippen MR) is 72.6 cm³/mol. The molecule has 1 amide bonds. The Hall–Kier alpha value is -2.08. The largest absolute Gasteiger partial charge is 0.506 e. The second kappa shape index (κ2) is 5.71. The molecule has 6 heteroatoms. The number of phenols is 1. The van der Waals surface area contributed by atoms with E-state index in [1.165, 1.54) is 6.07 Å². The van der Waals surface area contributed by atoms with Gasteiger partial charge in [-0.1, -0.05) is 0 Å². The molecule has 2 rings (SSSR count). The first-order valence-corrected chi connectivity index (χ1v) is 6.99. The number of carbonyl (C=O) groups excluding carboxylic acids is 1. The van der Waals surface area contributed by atoms with Crippen molar-refractivity contribution in [3.05, 3.63) is 40.8 Å². The number of hydrogen-bond donors (Lipinski definition) is 2. The lowest BCUT2D eigenvalue weighted by Crippen LogP contribution is -2.05. The summed E-state index contributed by atoms with van der Waals surface area (Å²) in [5, 5.41) is 15.1. The molecule has 2 aromatic rings. The summed E-state index contributed by atoms with van der Waals surface area (Å²) >= 11 is 0. The number of carbonyl (C=O) groups is 1. The zero-order valence-corrected chi connectivity index (χ0v) is 11.0. The highest BCUT2D eigenvalue weighted by Crippen LogP contribution is 2.30. The molecule has 0 saturated carbocycles. The van der Waals surface area contributed by atoms with Crippen molar-refractivity contribution in [3.8, 4) is 11.5 Å². The van der Waals surface area contributed by atoms with E-state index in [0.717, 1.165) is 12.1 Å². The number of nitrogens with one attached hydrogen (secondary N) is 1. The van der Waals surface area contributed by atoms with Crippen molar-refractivity contribution in [2.45, 2.75) is 6.92 Å².